The van der Waals surface area contributed by atoms with Crippen LogP contribution in [-0.2, 0) is 4.79 Å². The van der Waals surface area contributed by atoms with Gasteiger partial charge < -0.3 is 10.6 Å². The van der Waals surface area contributed by atoms with Crippen LogP contribution in [-0.4, -0.2) is 12.5 Å². The van der Waals surface area contributed by atoms with Crippen LogP contribution in [0.15, 0.2) is 47.4 Å². The number of nitrogens with one attached hydrogen (secondary N) is 2. The van der Waals surface area contributed by atoms with Gasteiger partial charge in [0, 0.05) is 23.4 Å². The Kier molecular flexibility index (Phi) is 3.62. The fraction of sp³-hybridized carbons (Fsp3) is 0.133. The Morgan fingerprint density at radius 2 is 2.00 bits per heavy atom. The van der Waals surface area contributed by atoms with Crippen molar-refractivity contribution in [1.82, 2.24) is 0 Å². The topological polar surface area (TPSA) is 67.1 Å². The molecule has 5 heteroatoms. The number of benzene rings is 2. The molecule has 0 atom stereocenters. The Morgan fingerprint density at radius 1 is 1.15 bits per heavy atom. The average Bonchev–Trinajstić information content (AvgIpc) is 2.67. The van der Waals surface area contributed by atoms with Gasteiger partial charge >= 0.3 is 0 Å². The summed E-state index contributed by atoms with van der Waals surface area (Å²) >= 11 is 1.23. The lowest BCUT2D eigenvalue weighted by atomic mass is 10.0. The minimum atomic E-state index is 0.0414. The van der Waals surface area contributed by atoms with Crippen LogP contribution in [0.3, 0.4) is 0 Å². The van der Waals surface area contributed by atoms with Crippen LogP contribution in [0, 0.1) is 0 Å². The highest BCUT2D eigenvalue weighted by Crippen LogP contribution is 2.36. The molecule has 102 valence electrons. The van der Waals surface area contributed by atoms with Crippen molar-refractivity contribution >= 4 is 29.2 Å². The molecule has 1 aliphatic rings. The van der Waals surface area contributed by atoms with Gasteiger partial charge in [0.1, 0.15) is 0 Å². The van der Waals surface area contributed by atoms with E-state index in [9.17, 15) is 4.79 Å². The SMILES string of the molecule is NSc1cccc(-c2cccc3c2NCCC(=O)N3)c1. The number of fused-ring (bicyclic) bond motifs is 1. The van der Waals surface area contributed by atoms with Gasteiger partial charge in [-0.3, -0.25) is 9.93 Å². The summed E-state index contributed by atoms with van der Waals surface area (Å²) in [6.07, 6.45) is 0.479. The van der Waals surface area contributed by atoms with Crippen LogP contribution >= 0.6 is 11.9 Å². The van der Waals surface area contributed by atoms with Crippen LogP contribution in [0.2, 0.25) is 0 Å². The molecule has 2 aromatic carbocycles. The summed E-state index contributed by atoms with van der Waals surface area (Å²) in [7, 11) is 0. The molecule has 0 radical (unpaired) electrons. The van der Waals surface area contributed by atoms with Crippen molar-refractivity contribution in [3.63, 3.8) is 0 Å². The van der Waals surface area contributed by atoms with Crippen molar-refractivity contribution in [2.24, 2.45) is 5.14 Å². The Balaban J connectivity index is 2.10. The standard InChI is InChI=1S/C15H15N3OS/c16-20-11-4-1-3-10(9-11)12-5-2-6-13-15(12)17-8-7-14(19)18-13/h1-6,9,17H,7-8,16H2,(H,18,19). The van der Waals surface area contributed by atoms with Crippen molar-refractivity contribution in [3.05, 3.63) is 42.5 Å². The van der Waals surface area contributed by atoms with E-state index in [1.54, 1.807) is 0 Å². The molecule has 0 fully saturated rings. The summed E-state index contributed by atoms with van der Waals surface area (Å²) in [6.45, 7) is 0.640. The minimum Gasteiger partial charge on any atom is -0.382 e. The molecule has 2 aromatic rings. The number of hydrogen-bond donors (Lipinski definition) is 3. The van der Waals surface area contributed by atoms with Gasteiger partial charge in [-0.15, -0.1) is 0 Å². The van der Waals surface area contributed by atoms with Crippen LogP contribution in [0.25, 0.3) is 11.1 Å². The first-order chi connectivity index (χ1) is 9.78. The first kappa shape index (κ1) is 13.0. The number of carbonyl (C=O) groups is 1. The van der Waals surface area contributed by atoms with Gasteiger partial charge in [0.25, 0.3) is 0 Å². The molecule has 0 aliphatic carbocycles. The van der Waals surface area contributed by atoms with E-state index in [0.29, 0.717) is 13.0 Å². The molecular formula is C15H15N3OS. The predicted molar refractivity (Wildman–Crippen MR) is 83.7 cm³/mol. The van der Waals surface area contributed by atoms with E-state index >= 15 is 0 Å². The Bertz CT molecular complexity index is 657. The smallest absolute Gasteiger partial charge is 0.226 e. The minimum absolute atomic E-state index is 0.0414. The van der Waals surface area contributed by atoms with Crippen molar-refractivity contribution in [3.8, 4) is 11.1 Å². The molecule has 3 rings (SSSR count). The van der Waals surface area contributed by atoms with Crippen LogP contribution in [0.5, 0.6) is 0 Å². The van der Waals surface area contributed by atoms with Gasteiger partial charge in [0.05, 0.1) is 11.4 Å². The maximum Gasteiger partial charge on any atom is 0.226 e. The van der Waals surface area contributed by atoms with Crippen molar-refractivity contribution in [2.75, 3.05) is 17.2 Å². The fourth-order valence-electron chi connectivity index (χ4n) is 2.34. The zero-order valence-corrected chi connectivity index (χ0v) is 11.7. The maximum absolute atomic E-state index is 11.6. The van der Waals surface area contributed by atoms with Crippen molar-refractivity contribution in [2.45, 2.75) is 11.3 Å². The molecular weight excluding hydrogens is 270 g/mol. The van der Waals surface area contributed by atoms with E-state index in [-0.39, 0.29) is 5.91 Å². The van der Waals surface area contributed by atoms with Crippen LogP contribution in [0.1, 0.15) is 6.42 Å². The second-order valence-electron chi connectivity index (χ2n) is 4.60. The fourth-order valence-corrected chi connectivity index (χ4v) is 2.69. The van der Waals surface area contributed by atoms with Crippen molar-refractivity contribution < 1.29 is 4.79 Å². The molecule has 1 amide bonds. The number of anilines is 2. The molecule has 0 unspecified atom stereocenters. The highest BCUT2D eigenvalue weighted by Gasteiger charge is 2.15. The second-order valence-corrected chi connectivity index (χ2v) is 5.31. The van der Waals surface area contributed by atoms with E-state index in [0.717, 1.165) is 27.4 Å². The Labute approximate surface area is 121 Å². The molecule has 20 heavy (non-hydrogen) atoms. The zero-order valence-electron chi connectivity index (χ0n) is 10.8. The molecule has 0 aromatic heterocycles. The largest absolute Gasteiger partial charge is 0.382 e. The van der Waals surface area contributed by atoms with Gasteiger partial charge in [0.2, 0.25) is 5.91 Å². The Hall–Kier alpha value is -1.98. The van der Waals surface area contributed by atoms with E-state index in [2.05, 4.69) is 16.7 Å². The average molecular weight is 285 g/mol. The molecule has 4 N–H and O–H groups in total. The summed E-state index contributed by atoms with van der Waals surface area (Å²) in [6, 6.07) is 14.0. The monoisotopic (exact) mass is 285 g/mol. The lowest BCUT2D eigenvalue weighted by molar-refractivity contribution is -0.115. The van der Waals surface area contributed by atoms with E-state index in [4.69, 9.17) is 5.14 Å². The summed E-state index contributed by atoms with van der Waals surface area (Å²) in [5.41, 5.74) is 3.95. The highest BCUT2D eigenvalue weighted by molar-refractivity contribution is 7.97. The van der Waals surface area contributed by atoms with E-state index in [1.165, 1.54) is 11.9 Å². The second kappa shape index (κ2) is 5.56. The third kappa shape index (κ3) is 2.50. The van der Waals surface area contributed by atoms with Gasteiger partial charge in [-0.25, -0.2) is 0 Å². The van der Waals surface area contributed by atoms with Gasteiger partial charge in [-0.2, -0.15) is 0 Å². The number of para-hydroxylation sites is 1. The third-order valence-electron chi connectivity index (χ3n) is 3.27. The normalized spacial score (nSPS) is 13.9. The Morgan fingerprint density at radius 3 is 2.85 bits per heavy atom. The third-order valence-corrected chi connectivity index (χ3v) is 3.80. The lowest BCUT2D eigenvalue weighted by Gasteiger charge is -2.14. The van der Waals surface area contributed by atoms with E-state index in [1.807, 2.05) is 36.4 Å². The number of amides is 1. The number of rotatable bonds is 2. The summed E-state index contributed by atoms with van der Waals surface area (Å²) in [5.74, 6) is 0.0414. The zero-order chi connectivity index (χ0) is 13.9. The van der Waals surface area contributed by atoms with Gasteiger partial charge in [0.15, 0.2) is 0 Å². The number of carbonyl (C=O) groups excluding carboxylic acids is 1. The molecule has 0 saturated heterocycles. The highest BCUT2D eigenvalue weighted by atomic mass is 32.2. The molecule has 1 aliphatic heterocycles. The lowest BCUT2D eigenvalue weighted by Crippen LogP contribution is -2.10. The number of hydrogen-bond acceptors (Lipinski definition) is 4. The van der Waals surface area contributed by atoms with Gasteiger partial charge in [-0.05, 0) is 35.7 Å². The van der Waals surface area contributed by atoms with Crippen LogP contribution < -0.4 is 15.8 Å². The summed E-state index contributed by atoms with van der Waals surface area (Å²) < 4.78 is 0. The van der Waals surface area contributed by atoms with E-state index < -0.39 is 0 Å². The summed E-state index contributed by atoms with van der Waals surface area (Å²) in [4.78, 5) is 12.6. The van der Waals surface area contributed by atoms with Crippen molar-refractivity contribution in [1.29, 1.82) is 0 Å². The summed E-state index contributed by atoms with van der Waals surface area (Å²) in [5, 5.41) is 11.9. The number of nitrogens with two attached hydrogens (primary N) is 1. The molecule has 1 heterocycles. The first-order valence-corrected chi connectivity index (χ1v) is 7.30. The molecule has 0 saturated carbocycles. The van der Waals surface area contributed by atoms with Crippen LogP contribution in [0.4, 0.5) is 11.4 Å². The molecule has 0 bridgehead atoms. The molecule has 0 spiro atoms. The first-order valence-electron chi connectivity index (χ1n) is 6.42. The molecule has 4 nitrogen and oxygen atoms in total. The predicted octanol–water partition coefficient (Wildman–Crippen LogP) is 3.07. The van der Waals surface area contributed by atoms with Gasteiger partial charge in [-0.1, -0.05) is 24.3 Å². The maximum atomic E-state index is 11.6. The quantitative estimate of drug-likeness (QED) is 0.742.